The molecule has 0 fully saturated rings. The average Bonchev–Trinajstić information content (AvgIpc) is 2.46. The molecule has 2 aromatic rings. The quantitative estimate of drug-likeness (QED) is 0.680. The molecule has 2 nitrogen and oxygen atoms in total. The number of fused-ring (bicyclic) bond motifs is 1. The first-order valence-electron chi connectivity index (χ1n) is 3.80. The molecule has 0 saturated heterocycles. The summed E-state index contributed by atoms with van der Waals surface area (Å²) in [4.78, 5) is 7.62. The number of rotatable bonds is 1. The summed E-state index contributed by atoms with van der Waals surface area (Å²) in [6.07, 6.45) is 2.02. The minimum atomic E-state index is 0.982. The van der Waals surface area contributed by atoms with Crippen LogP contribution < -0.4 is 0 Å². The van der Waals surface area contributed by atoms with Crippen LogP contribution in [-0.4, -0.2) is 16.2 Å². The van der Waals surface area contributed by atoms with Crippen molar-refractivity contribution in [1.29, 1.82) is 0 Å². The van der Waals surface area contributed by atoms with Crippen molar-refractivity contribution in [3.8, 4) is 0 Å². The van der Waals surface area contributed by atoms with E-state index in [1.807, 2.05) is 12.3 Å². The van der Waals surface area contributed by atoms with Gasteiger partial charge in [0.1, 0.15) is 0 Å². The lowest BCUT2D eigenvalue weighted by Crippen LogP contribution is -1.71. The molecule has 1 aromatic carbocycles. The molecule has 1 aromatic heterocycles. The second kappa shape index (κ2) is 2.83. The Balaban J connectivity index is 2.67. The summed E-state index contributed by atoms with van der Waals surface area (Å²) < 4.78 is 0. The molecule has 0 aliphatic heterocycles. The maximum atomic E-state index is 4.38. The Morgan fingerprint density at radius 2 is 2.25 bits per heavy atom. The van der Waals surface area contributed by atoms with Gasteiger partial charge >= 0.3 is 0 Å². The van der Waals surface area contributed by atoms with Crippen molar-refractivity contribution >= 4 is 22.8 Å². The summed E-state index contributed by atoms with van der Waals surface area (Å²) in [5.74, 6) is 0. The number of hydrogen-bond donors (Lipinski definition) is 1. The Bertz CT molecular complexity index is 406. The van der Waals surface area contributed by atoms with Crippen LogP contribution in [0.15, 0.2) is 23.4 Å². The topological polar surface area (TPSA) is 28.7 Å². The molecule has 0 saturated carbocycles. The number of hydrogen-bond acceptors (Lipinski definition) is 2. The minimum Gasteiger partial charge on any atom is -0.333 e. The highest BCUT2D eigenvalue weighted by molar-refractivity contribution is 7.98. The molecule has 0 amide bonds. The Morgan fingerprint density at radius 1 is 1.42 bits per heavy atom. The van der Waals surface area contributed by atoms with E-state index in [0.29, 0.717) is 0 Å². The van der Waals surface area contributed by atoms with Gasteiger partial charge in [0, 0.05) is 0 Å². The number of H-pyrrole nitrogens is 1. The number of nitrogens with one attached hydrogen (secondary N) is 1. The molecule has 0 aliphatic rings. The van der Waals surface area contributed by atoms with Crippen LogP contribution in [0.3, 0.4) is 0 Å². The van der Waals surface area contributed by atoms with Crippen LogP contribution in [0.4, 0.5) is 0 Å². The fourth-order valence-electron chi connectivity index (χ4n) is 1.20. The van der Waals surface area contributed by atoms with E-state index in [2.05, 4.69) is 29.0 Å². The second-order valence-corrected chi connectivity index (χ2v) is 3.56. The van der Waals surface area contributed by atoms with E-state index < -0.39 is 0 Å². The first kappa shape index (κ1) is 7.68. The van der Waals surface area contributed by atoms with Crippen molar-refractivity contribution in [2.75, 3.05) is 6.26 Å². The van der Waals surface area contributed by atoms with Crippen molar-refractivity contribution in [3.05, 3.63) is 23.8 Å². The highest BCUT2D eigenvalue weighted by atomic mass is 32.2. The summed E-state index contributed by atoms with van der Waals surface area (Å²) >= 11 is 1.63. The normalized spacial score (nSPS) is 10.8. The zero-order chi connectivity index (χ0) is 8.55. The lowest BCUT2D eigenvalue weighted by atomic mass is 10.2. The van der Waals surface area contributed by atoms with Crippen molar-refractivity contribution in [2.24, 2.45) is 0 Å². The van der Waals surface area contributed by atoms with E-state index in [-0.39, 0.29) is 0 Å². The molecular formula is C9H10N2S. The van der Waals surface area contributed by atoms with Crippen molar-refractivity contribution in [3.63, 3.8) is 0 Å². The lowest BCUT2D eigenvalue weighted by molar-refractivity contribution is 1.09. The maximum absolute atomic E-state index is 4.38. The van der Waals surface area contributed by atoms with Crippen LogP contribution in [0.1, 0.15) is 5.56 Å². The van der Waals surface area contributed by atoms with Gasteiger partial charge in [-0.3, -0.25) is 0 Å². The van der Waals surface area contributed by atoms with E-state index in [1.165, 1.54) is 5.56 Å². The van der Waals surface area contributed by atoms with Crippen molar-refractivity contribution in [2.45, 2.75) is 12.1 Å². The monoisotopic (exact) mass is 178 g/mol. The second-order valence-electron chi connectivity index (χ2n) is 2.77. The first-order chi connectivity index (χ1) is 5.79. The number of imidazole rings is 1. The molecule has 62 valence electrons. The third-order valence-electron chi connectivity index (χ3n) is 1.81. The van der Waals surface area contributed by atoms with Crippen molar-refractivity contribution in [1.82, 2.24) is 9.97 Å². The van der Waals surface area contributed by atoms with Crippen LogP contribution in [0.25, 0.3) is 11.0 Å². The number of aromatic amines is 1. The summed E-state index contributed by atoms with van der Waals surface area (Å²) in [7, 11) is 0. The standard InChI is InChI=1S/C9H10N2S/c1-6-3-4-7-8(5-6)11-9(10-7)12-2/h3-5H,1-2H3,(H,10,11). The largest absolute Gasteiger partial charge is 0.333 e. The average molecular weight is 178 g/mol. The van der Waals surface area contributed by atoms with Crippen molar-refractivity contribution < 1.29 is 0 Å². The number of benzene rings is 1. The molecule has 0 unspecified atom stereocenters. The Morgan fingerprint density at radius 3 is 3.00 bits per heavy atom. The zero-order valence-electron chi connectivity index (χ0n) is 7.09. The van der Waals surface area contributed by atoms with Gasteiger partial charge < -0.3 is 4.98 Å². The molecular weight excluding hydrogens is 168 g/mol. The Hall–Kier alpha value is -0.960. The summed E-state index contributed by atoms with van der Waals surface area (Å²) in [5, 5.41) is 0.982. The van der Waals surface area contributed by atoms with E-state index in [4.69, 9.17) is 0 Å². The van der Waals surface area contributed by atoms with Gasteiger partial charge in [0.25, 0.3) is 0 Å². The Labute approximate surface area is 75.4 Å². The van der Waals surface area contributed by atoms with Gasteiger partial charge in [-0.1, -0.05) is 17.8 Å². The predicted molar refractivity (Wildman–Crippen MR) is 52.6 cm³/mol. The van der Waals surface area contributed by atoms with Crippen LogP contribution >= 0.6 is 11.8 Å². The maximum Gasteiger partial charge on any atom is 0.166 e. The number of thioether (sulfide) groups is 1. The van der Waals surface area contributed by atoms with Gasteiger partial charge in [0.15, 0.2) is 5.16 Å². The summed E-state index contributed by atoms with van der Waals surface area (Å²) in [5.41, 5.74) is 3.43. The molecule has 0 bridgehead atoms. The van der Waals surface area contributed by atoms with Crippen LogP contribution in [0, 0.1) is 6.92 Å². The molecule has 0 spiro atoms. The fourth-order valence-corrected chi connectivity index (χ4v) is 1.60. The minimum absolute atomic E-state index is 0.982. The third kappa shape index (κ3) is 1.20. The van der Waals surface area contributed by atoms with E-state index in [0.717, 1.165) is 16.2 Å². The van der Waals surface area contributed by atoms with E-state index in [1.54, 1.807) is 11.8 Å². The fraction of sp³-hybridized carbons (Fsp3) is 0.222. The predicted octanol–water partition coefficient (Wildman–Crippen LogP) is 2.59. The molecule has 1 N–H and O–H groups in total. The van der Waals surface area contributed by atoms with Gasteiger partial charge in [0.05, 0.1) is 11.0 Å². The number of aromatic nitrogens is 2. The van der Waals surface area contributed by atoms with Gasteiger partial charge in [-0.2, -0.15) is 0 Å². The first-order valence-corrected chi connectivity index (χ1v) is 5.02. The van der Waals surface area contributed by atoms with Crippen LogP contribution in [0.2, 0.25) is 0 Å². The molecule has 0 atom stereocenters. The van der Waals surface area contributed by atoms with E-state index >= 15 is 0 Å². The van der Waals surface area contributed by atoms with Crippen LogP contribution in [0.5, 0.6) is 0 Å². The molecule has 0 aliphatic carbocycles. The highest BCUT2D eigenvalue weighted by Gasteiger charge is 1.99. The highest BCUT2D eigenvalue weighted by Crippen LogP contribution is 2.17. The molecule has 0 radical (unpaired) electrons. The number of aryl methyl sites for hydroxylation is 1. The SMILES string of the molecule is CSc1nc2ccc(C)cc2[nH]1. The molecule has 12 heavy (non-hydrogen) atoms. The summed E-state index contributed by atoms with van der Waals surface area (Å²) in [6, 6.07) is 6.23. The number of nitrogens with zero attached hydrogens (tertiary/aromatic N) is 1. The third-order valence-corrected chi connectivity index (χ3v) is 2.39. The molecule has 2 rings (SSSR count). The van der Waals surface area contributed by atoms with Gasteiger partial charge in [-0.05, 0) is 30.9 Å². The van der Waals surface area contributed by atoms with E-state index in [9.17, 15) is 0 Å². The summed E-state index contributed by atoms with van der Waals surface area (Å²) in [6.45, 7) is 2.08. The molecule has 1 heterocycles. The zero-order valence-corrected chi connectivity index (χ0v) is 7.90. The Kier molecular flexibility index (Phi) is 1.81. The lowest BCUT2D eigenvalue weighted by Gasteiger charge is -1.89. The van der Waals surface area contributed by atoms with Crippen LogP contribution in [-0.2, 0) is 0 Å². The molecule has 3 heteroatoms. The van der Waals surface area contributed by atoms with Gasteiger partial charge in [-0.25, -0.2) is 4.98 Å². The smallest absolute Gasteiger partial charge is 0.166 e. The van der Waals surface area contributed by atoms with Gasteiger partial charge in [-0.15, -0.1) is 0 Å². The van der Waals surface area contributed by atoms with Gasteiger partial charge in [0.2, 0.25) is 0 Å².